The predicted octanol–water partition coefficient (Wildman–Crippen LogP) is 2.57. The fraction of sp³-hybridized carbons (Fsp3) is 0.462. The smallest absolute Gasteiger partial charge is 0.422 e. The van der Waals surface area contributed by atoms with Crippen LogP contribution in [0.25, 0.3) is 0 Å². The van der Waals surface area contributed by atoms with Crippen molar-refractivity contribution in [3.05, 3.63) is 24.3 Å². The van der Waals surface area contributed by atoms with Gasteiger partial charge in [0.05, 0.1) is 12.5 Å². The molecule has 4 nitrogen and oxygen atoms in total. The first-order valence-electron chi connectivity index (χ1n) is 6.03. The summed E-state index contributed by atoms with van der Waals surface area (Å²) < 4.78 is 50.6. The topological polar surface area (TPSA) is 44.8 Å². The largest absolute Gasteiger partial charge is 0.484 e. The van der Waals surface area contributed by atoms with Crippen LogP contribution in [-0.2, 0) is 9.53 Å². The average Bonchev–Trinajstić information content (AvgIpc) is 2.91. The molecule has 20 heavy (non-hydrogen) atoms. The zero-order valence-electron chi connectivity index (χ0n) is 10.5. The van der Waals surface area contributed by atoms with Crippen LogP contribution in [0.2, 0.25) is 0 Å². The van der Waals surface area contributed by atoms with Gasteiger partial charge in [-0.15, -0.1) is 0 Å². The lowest BCUT2D eigenvalue weighted by molar-refractivity contribution is -0.153. The monoisotopic (exact) mass is 290 g/mol. The van der Waals surface area contributed by atoms with Gasteiger partial charge < -0.3 is 14.2 Å². The molecule has 0 radical (unpaired) electrons. The Labute approximate surface area is 113 Å². The van der Waals surface area contributed by atoms with Crippen molar-refractivity contribution in [2.75, 3.05) is 19.8 Å². The van der Waals surface area contributed by atoms with E-state index in [1.165, 1.54) is 24.3 Å². The third-order valence-electron chi connectivity index (χ3n) is 2.71. The molecule has 1 aromatic carbocycles. The highest BCUT2D eigenvalue weighted by molar-refractivity contribution is 5.75. The minimum absolute atomic E-state index is 0.0614. The summed E-state index contributed by atoms with van der Waals surface area (Å²) in [6, 6.07) is 5.41. The Morgan fingerprint density at radius 1 is 1.25 bits per heavy atom. The van der Waals surface area contributed by atoms with Crippen molar-refractivity contribution in [2.24, 2.45) is 5.92 Å². The summed E-state index contributed by atoms with van der Waals surface area (Å²) in [5.41, 5.74) is 0. The molecular formula is C13H13F3O4. The van der Waals surface area contributed by atoms with Crippen molar-refractivity contribution in [3.8, 4) is 11.5 Å². The van der Waals surface area contributed by atoms with Crippen LogP contribution in [0, 0.1) is 5.92 Å². The highest BCUT2D eigenvalue weighted by Crippen LogP contribution is 2.22. The van der Waals surface area contributed by atoms with Crippen molar-refractivity contribution in [2.45, 2.75) is 12.6 Å². The van der Waals surface area contributed by atoms with Crippen LogP contribution >= 0.6 is 0 Å². The van der Waals surface area contributed by atoms with E-state index in [4.69, 9.17) is 9.47 Å². The number of rotatable bonds is 4. The van der Waals surface area contributed by atoms with E-state index < -0.39 is 18.8 Å². The van der Waals surface area contributed by atoms with Crippen LogP contribution in [-0.4, -0.2) is 32.0 Å². The molecule has 1 aliphatic heterocycles. The van der Waals surface area contributed by atoms with Gasteiger partial charge in [-0.05, 0) is 30.7 Å². The first kappa shape index (κ1) is 14.6. The molecule has 0 amide bonds. The van der Waals surface area contributed by atoms with Crippen molar-refractivity contribution >= 4 is 5.97 Å². The summed E-state index contributed by atoms with van der Waals surface area (Å²) in [5.74, 6) is -0.352. The van der Waals surface area contributed by atoms with E-state index in [2.05, 4.69) is 4.74 Å². The van der Waals surface area contributed by atoms with E-state index in [1.807, 2.05) is 0 Å². The Balaban J connectivity index is 1.86. The third kappa shape index (κ3) is 4.41. The van der Waals surface area contributed by atoms with E-state index in [9.17, 15) is 18.0 Å². The quantitative estimate of drug-likeness (QED) is 0.631. The lowest BCUT2D eigenvalue weighted by Crippen LogP contribution is -2.20. The normalized spacial score (nSPS) is 18.9. The molecule has 1 aromatic rings. The molecule has 1 saturated heterocycles. The van der Waals surface area contributed by atoms with Gasteiger partial charge in [0.1, 0.15) is 11.5 Å². The van der Waals surface area contributed by atoms with Gasteiger partial charge >= 0.3 is 12.1 Å². The second-order valence-electron chi connectivity index (χ2n) is 4.36. The van der Waals surface area contributed by atoms with Crippen LogP contribution in [0.3, 0.4) is 0 Å². The van der Waals surface area contributed by atoms with E-state index >= 15 is 0 Å². The van der Waals surface area contributed by atoms with E-state index in [0.717, 1.165) is 0 Å². The van der Waals surface area contributed by atoms with Gasteiger partial charge in [0, 0.05) is 6.61 Å². The Morgan fingerprint density at radius 3 is 2.45 bits per heavy atom. The van der Waals surface area contributed by atoms with Gasteiger partial charge in [0.25, 0.3) is 0 Å². The summed E-state index contributed by atoms with van der Waals surface area (Å²) >= 11 is 0. The molecule has 1 aliphatic rings. The molecule has 0 N–H and O–H groups in total. The minimum Gasteiger partial charge on any atom is -0.484 e. The lowest BCUT2D eigenvalue weighted by Gasteiger charge is -2.10. The molecule has 7 heteroatoms. The van der Waals surface area contributed by atoms with Crippen molar-refractivity contribution in [1.29, 1.82) is 0 Å². The van der Waals surface area contributed by atoms with Gasteiger partial charge in [0.15, 0.2) is 6.61 Å². The predicted molar refractivity (Wildman–Crippen MR) is 62.6 cm³/mol. The maximum atomic E-state index is 12.0. The Morgan fingerprint density at radius 2 is 1.90 bits per heavy atom. The minimum atomic E-state index is -4.38. The summed E-state index contributed by atoms with van der Waals surface area (Å²) in [5, 5.41) is 0. The van der Waals surface area contributed by atoms with Crippen LogP contribution in [0.1, 0.15) is 6.42 Å². The molecule has 1 fully saturated rings. The summed E-state index contributed by atoms with van der Waals surface area (Å²) in [6.07, 6.45) is -3.76. The Bertz CT molecular complexity index is 450. The van der Waals surface area contributed by atoms with Gasteiger partial charge in [-0.2, -0.15) is 13.2 Å². The number of hydrogen-bond donors (Lipinski definition) is 0. The second-order valence-corrected chi connectivity index (χ2v) is 4.36. The highest BCUT2D eigenvalue weighted by Gasteiger charge is 2.28. The SMILES string of the molecule is O=C(Oc1ccc(OCC(F)(F)F)cc1)C1CCOC1. The highest BCUT2D eigenvalue weighted by atomic mass is 19.4. The van der Waals surface area contributed by atoms with Crippen molar-refractivity contribution in [1.82, 2.24) is 0 Å². The number of benzene rings is 1. The molecule has 1 unspecified atom stereocenters. The molecule has 110 valence electrons. The number of ether oxygens (including phenoxy) is 3. The molecule has 0 bridgehead atoms. The first-order chi connectivity index (χ1) is 9.44. The molecule has 1 atom stereocenters. The summed E-state index contributed by atoms with van der Waals surface area (Å²) in [7, 11) is 0. The molecule has 0 aromatic heterocycles. The zero-order chi connectivity index (χ0) is 14.6. The number of alkyl halides is 3. The van der Waals surface area contributed by atoms with Gasteiger partial charge in [-0.3, -0.25) is 4.79 Å². The molecule has 0 saturated carbocycles. The number of carbonyl (C=O) groups is 1. The summed E-state index contributed by atoms with van der Waals surface area (Å²) in [6.45, 7) is -0.485. The third-order valence-corrected chi connectivity index (χ3v) is 2.71. The van der Waals surface area contributed by atoms with Gasteiger partial charge in [-0.1, -0.05) is 0 Å². The number of halogens is 3. The fourth-order valence-corrected chi connectivity index (χ4v) is 1.69. The second kappa shape index (κ2) is 6.13. The Hall–Kier alpha value is -1.76. The molecular weight excluding hydrogens is 277 g/mol. The number of esters is 1. The lowest BCUT2D eigenvalue weighted by atomic mass is 10.1. The maximum Gasteiger partial charge on any atom is 0.422 e. The van der Waals surface area contributed by atoms with Crippen molar-refractivity contribution < 1.29 is 32.2 Å². The van der Waals surface area contributed by atoms with E-state index in [1.54, 1.807) is 0 Å². The molecule has 0 spiro atoms. The Kier molecular flexibility index (Phi) is 4.49. The zero-order valence-corrected chi connectivity index (χ0v) is 10.5. The van der Waals surface area contributed by atoms with Gasteiger partial charge in [-0.25, -0.2) is 0 Å². The van der Waals surface area contributed by atoms with Gasteiger partial charge in [0.2, 0.25) is 0 Å². The summed E-state index contributed by atoms with van der Waals surface area (Å²) in [4.78, 5) is 11.7. The fourth-order valence-electron chi connectivity index (χ4n) is 1.69. The van der Waals surface area contributed by atoms with Crippen LogP contribution in [0.5, 0.6) is 11.5 Å². The van der Waals surface area contributed by atoms with Crippen LogP contribution in [0.15, 0.2) is 24.3 Å². The van der Waals surface area contributed by atoms with Crippen molar-refractivity contribution in [3.63, 3.8) is 0 Å². The first-order valence-corrected chi connectivity index (χ1v) is 6.03. The van der Waals surface area contributed by atoms with E-state index in [0.29, 0.717) is 19.6 Å². The maximum absolute atomic E-state index is 12.0. The standard InChI is InChI=1S/C13H13F3O4/c14-13(15,16)8-19-10-1-3-11(4-2-10)20-12(17)9-5-6-18-7-9/h1-4,9H,5-8H2. The molecule has 0 aliphatic carbocycles. The van der Waals surface area contributed by atoms with E-state index in [-0.39, 0.29) is 17.4 Å². The number of hydrogen-bond acceptors (Lipinski definition) is 4. The number of carbonyl (C=O) groups excluding carboxylic acids is 1. The van der Waals surface area contributed by atoms with Crippen LogP contribution in [0.4, 0.5) is 13.2 Å². The molecule has 1 heterocycles. The molecule has 2 rings (SSSR count). The average molecular weight is 290 g/mol. The van der Waals surface area contributed by atoms with Crippen LogP contribution < -0.4 is 9.47 Å².